The smallest absolute Gasteiger partial charge is 0.308 e. The molecule has 1 N–H and O–H groups in total. The van der Waals surface area contributed by atoms with Gasteiger partial charge in [0.05, 0.1) is 10.9 Å². The van der Waals surface area contributed by atoms with Crippen LogP contribution in [0.3, 0.4) is 0 Å². The first kappa shape index (κ1) is 13.5. The largest absolute Gasteiger partial charge is 0.481 e. The molecule has 1 amide bonds. The Hall–Kier alpha value is -1.49. The number of aliphatic carboxylic acids is 1. The Morgan fingerprint density at radius 1 is 1.35 bits per heavy atom. The SMILES string of the molecule is C[C@@H]1CN(C(=O)c2cc(Cl)cn2C2CC2)C[C@H]1C(=O)O. The fourth-order valence-corrected chi connectivity index (χ4v) is 3.10. The maximum absolute atomic E-state index is 12.6. The van der Waals surface area contributed by atoms with Gasteiger partial charge in [0.2, 0.25) is 0 Å². The van der Waals surface area contributed by atoms with Crippen molar-refractivity contribution in [3.05, 3.63) is 23.0 Å². The molecule has 2 heterocycles. The highest BCUT2D eigenvalue weighted by Crippen LogP contribution is 2.38. The second-order valence-electron chi connectivity index (χ2n) is 5.81. The van der Waals surface area contributed by atoms with Crippen LogP contribution in [0.15, 0.2) is 12.3 Å². The minimum Gasteiger partial charge on any atom is -0.481 e. The van der Waals surface area contributed by atoms with E-state index in [4.69, 9.17) is 16.7 Å². The van der Waals surface area contributed by atoms with Crippen molar-refractivity contribution in [3.8, 4) is 0 Å². The van der Waals surface area contributed by atoms with Crippen LogP contribution in [0.4, 0.5) is 0 Å². The number of carboxylic acids is 1. The number of nitrogens with zero attached hydrogens (tertiary/aromatic N) is 2. The molecule has 0 radical (unpaired) electrons. The number of hydrogen-bond acceptors (Lipinski definition) is 2. The monoisotopic (exact) mass is 296 g/mol. The summed E-state index contributed by atoms with van der Waals surface area (Å²) in [7, 11) is 0. The fraction of sp³-hybridized carbons (Fsp3) is 0.571. The lowest BCUT2D eigenvalue weighted by molar-refractivity contribution is -0.142. The van der Waals surface area contributed by atoms with E-state index in [2.05, 4.69) is 0 Å². The summed E-state index contributed by atoms with van der Waals surface area (Å²) in [6.45, 7) is 2.64. The summed E-state index contributed by atoms with van der Waals surface area (Å²) < 4.78 is 1.93. The molecule has 20 heavy (non-hydrogen) atoms. The molecule has 0 bridgehead atoms. The second-order valence-corrected chi connectivity index (χ2v) is 6.25. The van der Waals surface area contributed by atoms with Crippen LogP contribution in [0.2, 0.25) is 5.02 Å². The number of rotatable bonds is 3. The Kier molecular flexibility index (Phi) is 3.24. The maximum atomic E-state index is 12.6. The van der Waals surface area contributed by atoms with Crippen molar-refractivity contribution in [1.82, 2.24) is 9.47 Å². The molecule has 2 atom stereocenters. The average Bonchev–Trinajstić information content (AvgIpc) is 3.05. The number of hydrogen-bond donors (Lipinski definition) is 1. The lowest BCUT2D eigenvalue weighted by Crippen LogP contribution is -2.31. The number of carboxylic acid groups (broad SMARTS) is 1. The van der Waals surface area contributed by atoms with Gasteiger partial charge in [0.25, 0.3) is 5.91 Å². The standard InChI is InChI=1S/C14H17ClN2O3/c1-8-5-16(7-11(8)14(19)20)13(18)12-4-9(15)6-17(12)10-2-3-10/h4,6,8,10-11H,2-3,5,7H2,1H3,(H,19,20)/t8-,11-/m1/s1. The van der Waals surface area contributed by atoms with Crippen molar-refractivity contribution in [2.45, 2.75) is 25.8 Å². The van der Waals surface area contributed by atoms with Gasteiger partial charge in [-0.05, 0) is 24.8 Å². The molecular weight excluding hydrogens is 280 g/mol. The molecule has 3 rings (SSSR count). The van der Waals surface area contributed by atoms with Gasteiger partial charge in [-0.15, -0.1) is 0 Å². The third-order valence-corrected chi connectivity index (χ3v) is 4.40. The van der Waals surface area contributed by atoms with Crippen molar-refractivity contribution in [3.63, 3.8) is 0 Å². The van der Waals surface area contributed by atoms with Crippen LogP contribution in [0.25, 0.3) is 0 Å². The minimum absolute atomic E-state index is 0.0174. The van der Waals surface area contributed by atoms with E-state index in [1.165, 1.54) is 0 Å². The van der Waals surface area contributed by atoms with E-state index in [1.807, 2.05) is 11.5 Å². The van der Waals surface area contributed by atoms with Crippen molar-refractivity contribution in [2.75, 3.05) is 13.1 Å². The van der Waals surface area contributed by atoms with Crippen LogP contribution >= 0.6 is 11.6 Å². The van der Waals surface area contributed by atoms with E-state index in [-0.39, 0.29) is 18.4 Å². The fourth-order valence-electron chi connectivity index (χ4n) is 2.89. The van der Waals surface area contributed by atoms with Crippen LogP contribution in [0, 0.1) is 11.8 Å². The van der Waals surface area contributed by atoms with Crippen LogP contribution < -0.4 is 0 Å². The van der Waals surface area contributed by atoms with Gasteiger partial charge in [-0.3, -0.25) is 9.59 Å². The van der Waals surface area contributed by atoms with Crippen LogP contribution in [-0.2, 0) is 4.79 Å². The average molecular weight is 297 g/mol. The van der Waals surface area contributed by atoms with E-state index in [0.29, 0.717) is 23.3 Å². The van der Waals surface area contributed by atoms with E-state index in [1.54, 1.807) is 17.2 Å². The molecule has 1 saturated carbocycles. The first-order valence-corrected chi connectivity index (χ1v) is 7.24. The van der Waals surface area contributed by atoms with Crippen molar-refractivity contribution >= 4 is 23.5 Å². The van der Waals surface area contributed by atoms with Crippen LogP contribution in [0.5, 0.6) is 0 Å². The second kappa shape index (κ2) is 4.81. The van der Waals surface area contributed by atoms with Gasteiger partial charge in [0, 0.05) is 25.3 Å². The zero-order valence-corrected chi connectivity index (χ0v) is 12.0. The molecule has 1 aromatic heterocycles. The molecule has 108 valence electrons. The number of carbonyl (C=O) groups is 2. The molecule has 2 fully saturated rings. The Balaban J connectivity index is 1.81. The first-order chi connectivity index (χ1) is 9.47. The predicted molar refractivity (Wildman–Crippen MR) is 73.9 cm³/mol. The summed E-state index contributed by atoms with van der Waals surface area (Å²) in [5.74, 6) is -1.43. The molecule has 1 aliphatic carbocycles. The van der Waals surface area contributed by atoms with Gasteiger partial charge in [-0.1, -0.05) is 18.5 Å². The highest BCUT2D eigenvalue weighted by atomic mass is 35.5. The minimum atomic E-state index is -0.830. The number of carbonyl (C=O) groups excluding carboxylic acids is 1. The number of aromatic nitrogens is 1. The zero-order chi connectivity index (χ0) is 14.4. The number of amides is 1. The molecule has 1 aromatic rings. The van der Waals surface area contributed by atoms with Crippen LogP contribution in [-0.4, -0.2) is 39.5 Å². The van der Waals surface area contributed by atoms with Gasteiger partial charge in [0.15, 0.2) is 0 Å². The van der Waals surface area contributed by atoms with Crippen molar-refractivity contribution in [1.29, 1.82) is 0 Å². The van der Waals surface area contributed by atoms with E-state index < -0.39 is 11.9 Å². The van der Waals surface area contributed by atoms with E-state index in [0.717, 1.165) is 12.8 Å². The molecular formula is C14H17ClN2O3. The summed E-state index contributed by atoms with van der Waals surface area (Å²) in [5.41, 5.74) is 0.579. The van der Waals surface area contributed by atoms with Crippen LogP contribution in [0.1, 0.15) is 36.3 Å². The van der Waals surface area contributed by atoms with Gasteiger partial charge >= 0.3 is 5.97 Å². The quantitative estimate of drug-likeness (QED) is 0.930. The lowest BCUT2D eigenvalue weighted by atomic mass is 9.99. The summed E-state index contributed by atoms with van der Waals surface area (Å²) in [5, 5.41) is 9.70. The van der Waals surface area contributed by atoms with Gasteiger partial charge < -0.3 is 14.6 Å². The van der Waals surface area contributed by atoms with E-state index in [9.17, 15) is 9.59 Å². The van der Waals surface area contributed by atoms with Crippen molar-refractivity contribution < 1.29 is 14.7 Å². The topological polar surface area (TPSA) is 62.5 Å². The molecule has 1 aliphatic heterocycles. The highest BCUT2D eigenvalue weighted by molar-refractivity contribution is 6.31. The van der Waals surface area contributed by atoms with Gasteiger partial charge in [-0.25, -0.2) is 0 Å². The number of likely N-dealkylation sites (tertiary alicyclic amines) is 1. The Bertz CT molecular complexity index is 565. The predicted octanol–water partition coefficient (Wildman–Crippen LogP) is 2.27. The third kappa shape index (κ3) is 2.30. The van der Waals surface area contributed by atoms with Crippen molar-refractivity contribution in [2.24, 2.45) is 11.8 Å². The highest BCUT2D eigenvalue weighted by Gasteiger charge is 2.38. The Morgan fingerprint density at radius 3 is 2.60 bits per heavy atom. The number of halogens is 1. The van der Waals surface area contributed by atoms with E-state index >= 15 is 0 Å². The Morgan fingerprint density at radius 2 is 2.05 bits per heavy atom. The van der Waals surface area contributed by atoms with Gasteiger partial charge in [0.1, 0.15) is 5.69 Å². The molecule has 6 heteroatoms. The first-order valence-electron chi connectivity index (χ1n) is 6.87. The molecule has 5 nitrogen and oxygen atoms in total. The summed E-state index contributed by atoms with van der Waals surface area (Å²) in [4.78, 5) is 25.4. The lowest BCUT2D eigenvalue weighted by Gasteiger charge is -2.17. The maximum Gasteiger partial charge on any atom is 0.308 e. The molecule has 0 unspecified atom stereocenters. The Labute approximate surface area is 122 Å². The summed E-state index contributed by atoms with van der Waals surface area (Å²) >= 11 is 6.01. The third-order valence-electron chi connectivity index (χ3n) is 4.19. The summed E-state index contributed by atoms with van der Waals surface area (Å²) in [6, 6.07) is 2.05. The molecule has 0 spiro atoms. The normalized spacial score (nSPS) is 26.0. The molecule has 1 saturated heterocycles. The van der Waals surface area contributed by atoms with Gasteiger partial charge in [-0.2, -0.15) is 0 Å². The summed E-state index contributed by atoms with van der Waals surface area (Å²) in [6.07, 6.45) is 3.93. The molecule has 2 aliphatic rings. The molecule has 0 aromatic carbocycles. The zero-order valence-electron chi connectivity index (χ0n) is 11.3.